The minimum Gasteiger partial charge on any atom is -0.347 e. The molecule has 0 N–H and O–H groups in total. The summed E-state index contributed by atoms with van der Waals surface area (Å²) in [5.41, 5.74) is 0.308. The van der Waals surface area contributed by atoms with Gasteiger partial charge in [-0.2, -0.15) is 0 Å². The van der Waals surface area contributed by atoms with Gasteiger partial charge in [0.15, 0.2) is 11.6 Å². The maximum atomic E-state index is 6.30. The fourth-order valence-electron chi connectivity index (χ4n) is 7.75. The van der Waals surface area contributed by atoms with Crippen LogP contribution in [0.25, 0.3) is 0 Å². The van der Waals surface area contributed by atoms with E-state index in [2.05, 4.69) is 20.8 Å². The SMILES string of the molecule is CC[C@]1(C)[C@H]2CC[C@@]3(C)[C@@H](CCC34OCCO4)[C@@H]2CCC12OCCO2. The Bertz CT molecular complexity index is 536. The Morgan fingerprint density at radius 1 is 0.720 bits per heavy atom. The van der Waals surface area contributed by atoms with Crippen LogP contribution in [0.3, 0.4) is 0 Å². The molecule has 2 aliphatic heterocycles. The molecule has 0 bridgehead atoms. The van der Waals surface area contributed by atoms with Gasteiger partial charge in [-0.15, -0.1) is 0 Å². The topological polar surface area (TPSA) is 36.9 Å². The standard InChI is InChI=1S/C21H34O4/c1-4-18(2)16-6-8-19(3)17(7-10-21(19)24-13-14-25-21)15(16)5-9-20(18)22-11-12-23-20/h15-17H,4-14H2,1-3H3/t15-,16+,17+,18-,19+/m1/s1. The summed E-state index contributed by atoms with van der Waals surface area (Å²) in [5.74, 6) is 1.55. The van der Waals surface area contributed by atoms with Gasteiger partial charge in [0.05, 0.1) is 26.4 Å². The molecule has 3 saturated carbocycles. The Morgan fingerprint density at radius 3 is 1.92 bits per heavy atom. The number of ether oxygens (including phenoxy) is 4. The summed E-state index contributed by atoms with van der Waals surface area (Å²) in [7, 11) is 0. The molecule has 5 aliphatic rings. The molecular formula is C21H34O4. The van der Waals surface area contributed by atoms with E-state index in [1.54, 1.807) is 0 Å². The zero-order valence-electron chi connectivity index (χ0n) is 16.1. The van der Waals surface area contributed by atoms with Gasteiger partial charge in [-0.3, -0.25) is 0 Å². The zero-order chi connectivity index (χ0) is 17.3. The predicted molar refractivity (Wildman–Crippen MR) is 93.9 cm³/mol. The average molecular weight is 350 g/mol. The highest BCUT2D eigenvalue weighted by Crippen LogP contribution is 2.69. The molecule has 25 heavy (non-hydrogen) atoms. The molecule has 4 nitrogen and oxygen atoms in total. The van der Waals surface area contributed by atoms with Crippen LogP contribution in [0.4, 0.5) is 0 Å². The van der Waals surface area contributed by atoms with Gasteiger partial charge in [-0.25, -0.2) is 0 Å². The first-order valence-electron chi connectivity index (χ1n) is 10.6. The lowest BCUT2D eigenvalue weighted by Gasteiger charge is -2.61. The fourth-order valence-corrected chi connectivity index (χ4v) is 7.75. The maximum absolute atomic E-state index is 6.30. The van der Waals surface area contributed by atoms with Crippen molar-refractivity contribution in [2.24, 2.45) is 28.6 Å². The molecule has 0 aromatic heterocycles. The van der Waals surface area contributed by atoms with Crippen LogP contribution in [0.15, 0.2) is 0 Å². The molecule has 142 valence electrons. The molecule has 2 spiro atoms. The van der Waals surface area contributed by atoms with E-state index in [4.69, 9.17) is 18.9 Å². The molecule has 0 aromatic carbocycles. The maximum Gasteiger partial charge on any atom is 0.174 e. The predicted octanol–water partition coefficient (Wildman–Crippen LogP) is 4.13. The Hall–Kier alpha value is -0.160. The van der Waals surface area contributed by atoms with Crippen LogP contribution >= 0.6 is 0 Å². The Labute approximate surface area is 151 Å². The van der Waals surface area contributed by atoms with Crippen molar-refractivity contribution < 1.29 is 18.9 Å². The van der Waals surface area contributed by atoms with Gasteiger partial charge in [-0.05, 0) is 49.9 Å². The third-order valence-corrected chi connectivity index (χ3v) is 9.22. The van der Waals surface area contributed by atoms with Crippen LogP contribution in [0.5, 0.6) is 0 Å². The van der Waals surface area contributed by atoms with E-state index in [0.717, 1.165) is 51.6 Å². The second-order valence-electron chi connectivity index (χ2n) is 9.58. The van der Waals surface area contributed by atoms with Crippen LogP contribution in [0.1, 0.15) is 65.7 Å². The molecule has 3 aliphatic carbocycles. The lowest BCUT2D eigenvalue weighted by molar-refractivity contribution is -0.301. The van der Waals surface area contributed by atoms with Gasteiger partial charge in [-0.1, -0.05) is 20.8 Å². The van der Waals surface area contributed by atoms with Gasteiger partial charge in [0.25, 0.3) is 0 Å². The Morgan fingerprint density at radius 2 is 1.28 bits per heavy atom. The molecule has 2 heterocycles. The lowest BCUT2D eigenvalue weighted by Crippen LogP contribution is -2.61. The summed E-state index contributed by atoms with van der Waals surface area (Å²) < 4.78 is 25.1. The van der Waals surface area contributed by atoms with Crippen molar-refractivity contribution in [2.45, 2.75) is 77.3 Å². The summed E-state index contributed by atoms with van der Waals surface area (Å²) in [6, 6.07) is 0. The van der Waals surface area contributed by atoms with E-state index in [-0.39, 0.29) is 22.4 Å². The monoisotopic (exact) mass is 350 g/mol. The van der Waals surface area contributed by atoms with Crippen molar-refractivity contribution in [3.63, 3.8) is 0 Å². The minimum atomic E-state index is -0.326. The molecule has 0 unspecified atom stereocenters. The first-order chi connectivity index (χ1) is 12.0. The highest BCUT2D eigenvalue weighted by Gasteiger charge is 2.69. The normalized spacial score (nSPS) is 50.3. The third-order valence-electron chi connectivity index (χ3n) is 9.22. The van der Waals surface area contributed by atoms with Crippen LogP contribution in [0, 0.1) is 28.6 Å². The van der Waals surface area contributed by atoms with Gasteiger partial charge in [0, 0.05) is 23.7 Å². The number of rotatable bonds is 1. The van der Waals surface area contributed by atoms with Crippen LogP contribution < -0.4 is 0 Å². The van der Waals surface area contributed by atoms with Crippen molar-refractivity contribution in [3.8, 4) is 0 Å². The second kappa shape index (κ2) is 5.43. The van der Waals surface area contributed by atoms with Crippen LogP contribution in [-0.4, -0.2) is 38.0 Å². The number of hydrogen-bond donors (Lipinski definition) is 0. The van der Waals surface area contributed by atoms with Gasteiger partial charge in [0.1, 0.15) is 0 Å². The number of hydrogen-bond acceptors (Lipinski definition) is 4. The lowest BCUT2D eigenvalue weighted by atomic mass is 9.47. The Kier molecular flexibility index (Phi) is 3.69. The van der Waals surface area contributed by atoms with Gasteiger partial charge < -0.3 is 18.9 Å². The molecule has 0 radical (unpaired) electrons. The van der Waals surface area contributed by atoms with Crippen molar-refractivity contribution >= 4 is 0 Å². The summed E-state index contributed by atoms with van der Waals surface area (Å²) in [6.45, 7) is 10.3. The summed E-state index contributed by atoms with van der Waals surface area (Å²) >= 11 is 0. The van der Waals surface area contributed by atoms with E-state index in [1.807, 2.05) is 0 Å². The molecular weight excluding hydrogens is 316 g/mol. The van der Waals surface area contributed by atoms with E-state index < -0.39 is 0 Å². The zero-order valence-corrected chi connectivity index (χ0v) is 16.1. The molecule has 0 amide bonds. The second-order valence-corrected chi connectivity index (χ2v) is 9.58. The quantitative estimate of drug-likeness (QED) is 0.713. The highest BCUT2D eigenvalue weighted by atomic mass is 16.7. The largest absolute Gasteiger partial charge is 0.347 e. The van der Waals surface area contributed by atoms with Crippen molar-refractivity contribution in [1.82, 2.24) is 0 Å². The minimum absolute atomic E-state index is 0.126. The summed E-state index contributed by atoms with van der Waals surface area (Å²) in [6.07, 6.45) is 8.23. The van der Waals surface area contributed by atoms with Crippen LogP contribution in [-0.2, 0) is 18.9 Å². The van der Waals surface area contributed by atoms with E-state index in [1.165, 1.54) is 25.7 Å². The van der Waals surface area contributed by atoms with Gasteiger partial charge in [0.2, 0.25) is 0 Å². The van der Waals surface area contributed by atoms with Gasteiger partial charge >= 0.3 is 0 Å². The number of fused-ring (bicyclic) bond motifs is 4. The molecule has 0 aromatic rings. The molecule has 2 saturated heterocycles. The molecule has 5 rings (SSSR count). The fraction of sp³-hybridized carbons (Fsp3) is 1.00. The molecule has 5 fully saturated rings. The Balaban J connectivity index is 1.49. The molecule has 5 atom stereocenters. The smallest absolute Gasteiger partial charge is 0.174 e. The molecule has 4 heteroatoms. The first kappa shape index (κ1) is 17.0. The third kappa shape index (κ3) is 1.93. The van der Waals surface area contributed by atoms with Crippen LogP contribution in [0.2, 0.25) is 0 Å². The first-order valence-corrected chi connectivity index (χ1v) is 10.6. The van der Waals surface area contributed by atoms with Crippen molar-refractivity contribution in [3.05, 3.63) is 0 Å². The van der Waals surface area contributed by atoms with Crippen molar-refractivity contribution in [2.75, 3.05) is 26.4 Å². The summed E-state index contributed by atoms with van der Waals surface area (Å²) in [4.78, 5) is 0. The highest BCUT2D eigenvalue weighted by molar-refractivity contribution is 5.14. The summed E-state index contributed by atoms with van der Waals surface area (Å²) in [5, 5.41) is 0. The van der Waals surface area contributed by atoms with E-state index in [0.29, 0.717) is 11.8 Å². The van der Waals surface area contributed by atoms with E-state index >= 15 is 0 Å². The van der Waals surface area contributed by atoms with E-state index in [9.17, 15) is 0 Å². The average Bonchev–Trinajstić information content (AvgIpc) is 3.34. The van der Waals surface area contributed by atoms with Crippen molar-refractivity contribution in [1.29, 1.82) is 0 Å².